The normalized spacial score (nSPS) is 18.3. The Morgan fingerprint density at radius 1 is 1.10 bits per heavy atom. The minimum atomic E-state index is -0.567. The van der Waals surface area contributed by atoms with Crippen LogP contribution in [0.25, 0.3) is 11.1 Å². The molecule has 1 aliphatic heterocycles. The summed E-state index contributed by atoms with van der Waals surface area (Å²) in [7, 11) is 5.27. The molecule has 166 valence electrons. The highest BCUT2D eigenvalue weighted by molar-refractivity contribution is 5.85. The molecule has 2 aromatic carbocycles. The van der Waals surface area contributed by atoms with E-state index in [2.05, 4.69) is 38.1 Å². The topological polar surface area (TPSA) is 49.9 Å². The summed E-state index contributed by atoms with van der Waals surface area (Å²) in [5, 5.41) is 0. The highest BCUT2D eigenvalue weighted by Gasteiger charge is 2.46. The van der Waals surface area contributed by atoms with Crippen LogP contribution in [0.3, 0.4) is 0 Å². The molecular weight excluding hydrogens is 388 g/mol. The molecule has 0 spiro atoms. The first-order valence-corrected chi connectivity index (χ1v) is 11.0. The number of likely N-dealkylation sites (tertiary alicyclic amines) is 1. The predicted octanol–water partition coefficient (Wildman–Crippen LogP) is 4.26. The number of carbonyl (C=O) groups excluding carboxylic acids is 2. The summed E-state index contributed by atoms with van der Waals surface area (Å²) in [5.74, 6) is 1.40. The minimum absolute atomic E-state index is 0.0983. The van der Waals surface area contributed by atoms with Gasteiger partial charge in [0.25, 0.3) is 0 Å². The van der Waals surface area contributed by atoms with Gasteiger partial charge in [-0.15, -0.1) is 0 Å². The Labute approximate surface area is 186 Å². The average molecular weight is 423 g/mol. The van der Waals surface area contributed by atoms with Crippen LogP contribution in [0, 0.1) is 11.3 Å². The number of amides is 2. The van der Waals surface area contributed by atoms with E-state index < -0.39 is 5.41 Å². The third-order valence-corrected chi connectivity index (χ3v) is 6.06. The Morgan fingerprint density at radius 3 is 2.39 bits per heavy atom. The van der Waals surface area contributed by atoms with Gasteiger partial charge < -0.3 is 14.5 Å². The van der Waals surface area contributed by atoms with Crippen molar-refractivity contribution in [1.29, 1.82) is 0 Å². The quantitative estimate of drug-likeness (QED) is 0.670. The zero-order chi connectivity index (χ0) is 22.6. The molecule has 31 heavy (non-hydrogen) atoms. The number of rotatable bonds is 7. The van der Waals surface area contributed by atoms with E-state index in [0.29, 0.717) is 38.3 Å². The van der Waals surface area contributed by atoms with Gasteiger partial charge in [-0.05, 0) is 36.0 Å². The fourth-order valence-corrected chi connectivity index (χ4v) is 4.51. The smallest absolute Gasteiger partial charge is 0.230 e. The molecule has 0 aromatic heterocycles. The SMILES string of the molecule is COc1ccccc1-c1ccc(CC2(C(=O)N(C)C)CCN(C(=O)CC(C)C)C2)cc1. The Bertz CT molecular complexity index is 921. The van der Waals surface area contributed by atoms with Crippen LogP contribution in [-0.2, 0) is 16.0 Å². The summed E-state index contributed by atoms with van der Waals surface area (Å²) >= 11 is 0. The zero-order valence-electron chi connectivity index (χ0n) is 19.4. The van der Waals surface area contributed by atoms with Gasteiger partial charge in [0.1, 0.15) is 5.75 Å². The van der Waals surface area contributed by atoms with Crippen LogP contribution in [0.2, 0.25) is 0 Å². The van der Waals surface area contributed by atoms with Gasteiger partial charge in [-0.2, -0.15) is 0 Å². The molecule has 0 N–H and O–H groups in total. The van der Waals surface area contributed by atoms with Gasteiger partial charge in [-0.25, -0.2) is 0 Å². The summed E-state index contributed by atoms with van der Waals surface area (Å²) in [6.07, 6.45) is 1.85. The number of ether oxygens (including phenoxy) is 1. The molecule has 1 saturated heterocycles. The maximum absolute atomic E-state index is 13.2. The fourth-order valence-electron chi connectivity index (χ4n) is 4.51. The van der Waals surface area contributed by atoms with Crippen molar-refractivity contribution in [2.24, 2.45) is 11.3 Å². The lowest BCUT2D eigenvalue weighted by molar-refractivity contribution is -0.139. The van der Waals surface area contributed by atoms with Gasteiger partial charge in [-0.1, -0.05) is 56.3 Å². The molecule has 1 fully saturated rings. The molecule has 0 bridgehead atoms. The maximum atomic E-state index is 13.2. The number of hydrogen-bond acceptors (Lipinski definition) is 3. The second-order valence-electron chi connectivity index (χ2n) is 9.22. The first kappa shape index (κ1) is 22.9. The van der Waals surface area contributed by atoms with Gasteiger partial charge in [0.05, 0.1) is 12.5 Å². The molecule has 1 heterocycles. The van der Waals surface area contributed by atoms with Crippen molar-refractivity contribution in [2.75, 3.05) is 34.3 Å². The van der Waals surface area contributed by atoms with E-state index in [4.69, 9.17) is 4.74 Å². The van der Waals surface area contributed by atoms with E-state index in [9.17, 15) is 9.59 Å². The number of nitrogens with zero attached hydrogens (tertiary/aromatic N) is 2. The third kappa shape index (κ3) is 5.09. The van der Waals surface area contributed by atoms with Gasteiger partial charge in [-0.3, -0.25) is 9.59 Å². The lowest BCUT2D eigenvalue weighted by atomic mass is 9.79. The fraction of sp³-hybridized carbons (Fsp3) is 0.462. The van der Waals surface area contributed by atoms with Crippen molar-refractivity contribution in [2.45, 2.75) is 33.1 Å². The van der Waals surface area contributed by atoms with Crippen molar-refractivity contribution in [3.63, 3.8) is 0 Å². The van der Waals surface area contributed by atoms with Crippen LogP contribution in [0.1, 0.15) is 32.3 Å². The van der Waals surface area contributed by atoms with Crippen LogP contribution in [0.4, 0.5) is 0 Å². The maximum Gasteiger partial charge on any atom is 0.230 e. The molecule has 3 rings (SSSR count). The number of methoxy groups -OCH3 is 1. The van der Waals surface area contributed by atoms with Crippen molar-refractivity contribution in [1.82, 2.24) is 9.80 Å². The molecule has 0 aliphatic carbocycles. The molecule has 5 heteroatoms. The Balaban J connectivity index is 1.83. The highest BCUT2D eigenvalue weighted by Crippen LogP contribution is 2.37. The van der Waals surface area contributed by atoms with Crippen molar-refractivity contribution in [3.05, 3.63) is 54.1 Å². The van der Waals surface area contributed by atoms with Crippen molar-refractivity contribution >= 4 is 11.8 Å². The van der Waals surface area contributed by atoms with Gasteiger partial charge in [0.2, 0.25) is 11.8 Å². The summed E-state index contributed by atoms with van der Waals surface area (Å²) in [5.41, 5.74) is 2.66. The van der Waals surface area contributed by atoms with Gasteiger partial charge in [0, 0.05) is 39.2 Å². The van der Waals surface area contributed by atoms with E-state index in [1.165, 1.54) is 0 Å². The zero-order valence-corrected chi connectivity index (χ0v) is 19.4. The number of para-hydroxylation sites is 1. The van der Waals surface area contributed by atoms with Crippen LogP contribution in [-0.4, -0.2) is 55.9 Å². The van der Waals surface area contributed by atoms with Gasteiger partial charge >= 0.3 is 0 Å². The molecule has 0 saturated carbocycles. The molecule has 0 radical (unpaired) electrons. The first-order valence-electron chi connectivity index (χ1n) is 11.0. The van der Waals surface area contributed by atoms with Crippen molar-refractivity contribution < 1.29 is 14.3 Å². The second kappa shape index (κ2) is 9.54. The molecule has 1 aliphatic rings. The Hall–Kier alpha value is -2.82. The van der Waals surface area contributed by atoms with Crippen LogP contribution in [0.15, 0.2) is 48.5 Å². The summed E-state index contributed by atoms with van der Waals surface area (Å²) in [6, 6.07) is 16.3. The summed E-state index contributed by atoms with van der Waals surface area (Å²) in [6.45, 7) is 5.24. The van der Waals surface area contributed by atoms with Gasteiger partial charge in [0.15, 0.2) is 0 Å². The summed E-state index contributed by atoms with van der Waals surface area (Å²) < 4.78 is 5.49. The summed E-state index contributed by atoms with van der Waals surface area (Å²) in [4.78, 5) is 29.4. The minimum Gasteiger partial charge on any atom is -0.496 e. The standard InChI is InChI=1S/C26H34N2O3/c1-19(2)16-24(29)28-15-14-26(18-28,25(30)27(3)4)17-20-10-12-21(13-11-20)22-8-6-7-9-23(22)31-5/h6-13,19H,14-18H2,1-5H3. The monoisotopic (exact) mass is 422 g/mol. The Kier molecular flexibility index (Phi) is 7.04. The number of carbonyl (C=O) groups is 2. The average Bonchev–Trinajstić information content (AvgIpc) is 3.18. The van der Waals surface area contributed by atoms with Crippen LogP contribution in [0.5, 0.6) is 5.75 Å². The van der Waals surface area contributed by atoms with E-state index >= 15 is 0 Å². The van der Waals surface area contributed by atoms with E-state index in [1.54, 1.807) is 26.1 Å². The van der Waals surface area contributed by atoms with Crippen LogP contribution >= 0.6 is 0 Å². The molecule has 2 aromatic rings. The van der Waals surface area contributed by atoms with E-state index in [1.807, 2.05) is 29.2 Å². The predicted molar refractivity (Wildman–Crippen MR) is 124 cm³/mol. The molecule has 1 atom stereocenters. The van der Waals surface area contributed by atoms with Crippen molar-refractivity contribution in [3.8, 4) is 16.9 Å². The molecular formula is C26H34N2O3. The molecule has 5 nitrogen and oxygen atoms in total. The number of hydrogen-bond donors (Lipinski definition) is 0. The number of benzene rings is 2. The van der Waals surface area contributed by atoms with Crippen LogP contribution < -0.4 is 4.74 Å². The lowest BCUT2D eigenvalue weighted by Crippen LogP contribution is -2.44. The third-order valence-electron chi connectivity index (χ3n) is 6.06. The Morgan fingerprint density at radius 2 is 1.77 bits per heavy atom. The van der Waals surface area contributed by atoms with E-state index in [0.717, 1.165) is 22.4 Å². The molecule has 1 unspecified atom stereocenters. The highest BCUT2D eigenvalue weighted by atomic mass is 16.5. The molecule has 2 amide bonds. The largest absolute Gasteiger partial charge is 0.496 e. The second-order valence-corrected chi connectivity index (χ2v) is 9.22. The van der Waals surface area contributed by atoms with E-state index in [-0.39, 0.29) is 11.8 Å². The first-order chi connectivity index (χ1) is 14.8. The lowest BCUT2D eigenvalue weighted by Gasteiger charge is -2.31.